The molecule has 2 aromatic carbocycles. The Balaban J connectivity index is 2.30. The van der Waals surface area contributed by atoms with Gasteiger partial charge in [-0.25, -0.2) is 17.5 Å². The summed E-state index contributed by atoms with van der Waals surface area (Å²) in [7, 11) is -3.99. The molecule has 0 aromatic heterocycles. The van der Waals surface area contributed by atoms with Gasteiger partial charge in [-0.2, -0.15) is 0 Å². The van der Waals surface area contributed by atoms with Crippen LogP contribution in [0.15, 0.2) is 45.8 Å². The van der Waals surface area contributed by atoms with Crippen LogP contribution in [-0.4, -0.2) is 8.42 Å². The third kappa shape index (κ3) is 3.61. The van der Waals surface area contributed by atoms with E-state index in [0.29, 0.717) is 0 Å². The number of benzene rings is 2. The molecular formula is C14H14BrFN2O2S. The highest BCUT2D eigenvalue weighted by Crippen LogP contribution is 2.26. The Labute approximate surface area is 131 Å². The first-order chi connectivity index (χ1) is 9.81. The number of nitrogens with two attached hydrogens (primary N) is 1. The minimum atomic E-state index is -3.99. The first-order valence-electron chi connectivity index (χ1n) is 6.10. The molecule has 7 heteroatoms. The molecular weight excluding hydrogens is 359 g/mol. The third-order valence-electron chi connectivity index (χ3n) is 3.02. The zero-order valence-electron chi connectivity index (χ0n) is 11.2. The van der Waals surface area contributed by atoms with Gasteiger partial charge < -0.3 is 5.73 Å². The van der Waals surface area contributed by atoms with Gasteiger partial charge in [0.2, 0.25) is 10.0 Å². The fourth-order valence-corrected chi connectivity index (χ4v) is 3.59. The molecule has 2 aromatic rings. The molecule has 0 heterocycles. The average molecular weight is 373 g/mol. The number of anilines is 1. The van der Waals surface area contributed by atoms with E-state index >= 15 is 0 Å². The molecule has 0 aliphatic rings. The van der Waals surface area contributed by atoms with Crippen molar-refractivity contribution in [2.45, 2.75) is 18.4 Å². The third-order valence-corrected chi connectivity index (χ3v) is 5.00. The summed E-state index contributed by atoms with van der Waals surface area (Å²) < 4.78 is 40.8. The standard InChI is InChI=1S/C14H14BrFN2O2S/c1-9-4-2-3-5-10(9)8-18-21(19,20)13-7-11(17)6-12(15)14(13)16/h2-7,18H,8,17H2,1H3. The normalized spacial score (nSPS) is 11.6. The maximum atomic E-state index is 14.0. The molecule has 3 N–H and O–H groups in total. The van der Waals surface area contributed by atoms with E-state index in [-0.39, 0.29) is 16.7 Å². The number of nitrogens with one attached hydrogen (secondary N) is 1. The number of halogens is 2. The molecule has 2 rings (SSSR count). The van der Waals surface area contributed by atoms with E-state index in [1.165, 1.54) is 6.07 Å². The molecule has 4 nitrogen and oxygen atoms in total. The highest BCUT2D eigenvalue weighted by atomic mass is 79.9. The predicted molar refractivity (Wildman–Crippen MR) is 83.7 cm³/mol. The van der Waals surface area contributed by atoms with Crippen LogP contribution in [0, 0.1) is 12.7 Å². The molecule has 0 saturated heterocycles. The van der Waals surface area contributed by atoms with Crippen molar-refractivity contribution in [2.75, 3.05) is 5.73 Å². The van der Waals surface area contributed by atoms with Gasteiger partial charge in [0.15, 0.2) is 5.82 Å². The Morgan fingerprint density at radius 2 is 1.95 bits per heavy atom. The minimum absolute atomic E-state index is 0.0127. The van der Waals surface area contributed by atoms with E-state index in [9.17, 15) is 12.8 Å². The van der Waals surface area contributed by atoms with Crippen molar-refractivity contribution in [3.63, 3.8) is 0 Å². The second kappa shape index (κ2) is 6.13. The van der Waals surface area contributed by atoms with Gasteiger partial charge in [0.05, 0.1) is 4.47 Å². The molecule has 0 bridgehead atoms. The number of nitrogen functional groups attached to an aromatic ring is 1. The maximum absolute atomic E-state index is 14.0. The smallest absolute Gasteiger partial charge is 0.243 e. The molecule has 0 saturated carbocycles. The average Bonchev–Trinajstić information content (AvgIpc) is 2.42. The van der Waals surface area contributed by atoms with Crippen LogP contribution in [0.4, 0.5) is 10.1 Å². The zero-order chi connectivity index (χ0) is 15.6. The second-order valence-electron chi connectivity index (χ2n) is 4.57. The van der Waals surface area contributed by atoms with Crippen LogP contribution < -0.4 is 10.5 Å². The van der Waals surface area contributed by atoms with E-state index in [1.54, 1.807) is 0 Å². The molecule has 0 radical (unpaired) electrons. The zero-order valence-corrected chi connectivity index (χ0v) is 13.6. The summed E-state index contributed by atoms with van der Waals surface area (Å²) in [5, 5.41) is 0. The van der Waals surface area contributed by atoms with Gasteiger partial charge in [-0.05, 0) is 46.1 Å². The fraction of sp³-hybridized carbons (Fsp3) is 0.143. The van der Waals surface area contributed by atoms with Crippen LogP contribution in [0.25, 0.3) is 0 Å². The largest absolute Gasteiger partial charge is 0.399 e. The lowest BCUT2D eigenvalue weighted by molar-refractivity contribution is 0.554. The van der Waals surface area contributed by atoms with Gasteiger partial charge in [-0.1, -0.05) is 24.3 Å². The van der Waals surface area contributed by atoms with Crippen LogP contribution in [0.1, 0.15) is 11.1 Å². The fourth-order valence-electron chi connectivity index (χ4n) is 1.84. The number of hydrogen-bond donors (Lipinski definition) is 2. The molecule has 0 amide bonds. The Hall–Kier alpha value is -1.44. The van der Waals surface area contributed by atoms with Crippen molar-refractivity contribution in [3.8, 4) is 0 Å². The Morgan fingerprint density at radius 1 is 1.29 bits per heavy atom. The van der Waals surface area contributed by atoms with E-state index in [2.05, 4.69) is 20.7 Å². The Kier molecular flexibility index (Phi) is 4.65. The van der Waals surface area contributed by atoms with Crippen LogP contribution >= 0.6 is 15.9 Å². The summed E-state index contributed by atoms with van der Waals surface area (Å²) in [6.45, 7) is 1.96. The summed E-state index contributed by atoms with van der Waals surface area (Å²) in [6.07, 6.45) is 0. The maximum Gasteiger partial charge on any atom is 0.243 e. The predicted octanol–water partition coefficient (Wildman–Crippen LogP) is 2.96. The number of rotatable bonds is 4. The quantitative estimate of drug-likeness (QED) is 0.810. The number of sulfonamides is 1. The summed E-state index contributed by atoms with van der Waals surface area (Å²) in [4.78, 5) is -0.469. The Bertz CT molecular complexity index is 779. The first kappa shape index (κ1) is 15.9. The molecule has 0 atom stereocenters. The van der Waals surface area contributed by atoms with Gasteiger partial charge in [0.1, 0.15) is 4.90 Å². The van der Waals surface area contributed by atoms with E-state index < -0.39 is 20.7 Å². The molecule has 0 aliphatic carbocycles. The van der Waals surface area contributed by atoms with Gasteiger partial charge in [-0.3, -0.25) is 0 Å². The summed E-state index contributed by atoms with van der Waals surface area (Å²) in [5.41, 5.74) is 7.51. The van der Waals surface area contributed by atoms with Crippen LogP contribution in [0.5, 0.6) is 0 Å². The van der Waals surface area contributed by atoms with Crippen molar-refractivity contribution in [1.82, 2.24) is 4.72 Å². The number of aryl methyl sites for hydroxylation is 1. The van der Waals surface area contributed by atoms with Crippen LogP contribution in [-0.2, 0) is 16.6 Å². The molecule has 0 spiro atoms. The minimum Gasteiger partial charge on any atom is -0.399 e. The lowest BCUT2D eigenvalue weighted by Crippen LogP contribution is -2.24. The lowest BCUT2D eigenvalue weighted by Gasteiger charge is -2.11. The van der Waals surface area contributed by atoms with Crippen molar-refractivity contribution in [3.05, 3.63) is 57.8 Å². The van der Waals surface area contributed by atoms with Crippen molar-refractivity contribution in [1.29, 1.82) is 0 Å². The van der Waals surface area contributed by atoms with E-state index in [0.717, 1.165) is 17.2 Å². The van der Waals surface area contributed by atoms with Crippen LogP contribution in [0.2, 0.25) is 0 Å². The summed E-state index contributed by atoms with van der Waals surface area (Å²) >= 11 is 2.95. The Morgan fingerprint density at radius 3 is 2.62 bits per heavy atom. The highest BCUT2D eigenvalue weighted by molar-refractivity contribution is 9.10. The van der Waals surface area contributed by atoms with Gasteiger partial charge >= 0.3 is 0 Å². The van der Waals surface area contributed by atoms with Crippen molar-refractivity contribution < 1.29 is 12.8 Å². The molecule has 0 aliphatic heterocycles. The lowest BCUT2D eigenvalue weighted by atomic mass is 10.1. The molecule has 112 valence electrons. The molecule has 21 heavy (non-hydrogen) atoms. The van der Waals surface area contributed by atoms with Gasteiger partial charge in [-0.15, -0.1) is 0 Å². The van der Waals surface area contributed by atoms with Crippen molar-refractivity contribution >= 4 is 31.6 Å². The van der Waals surface area contributed by atoms with Gasteiger partial charge in [0, 0.05) is 12.2 Å². The molecule has 0 fully saturated rings. The SMILES string of the molecule is Cc1ccccc1CNS(=O)(=O)c1cc(N)cc(Br)c1F. The molecule has 0 unspecified atom stereocenters. The van der Waals surface area contributed by atoms with Gasteiger partial charge in [0.25, 0.3) is 0 Å². The van der Waals surface area contributed by atoms with Crippen LogP contribution in [0.3, 0.4) is 0 Å². The summed E-state index contributed by atoms with van der Waals surface area (Å²) in [5.74, 6) is -0.860. The first-order valence-corrected chi connectivity index (χ1v) is 8.37. The number of hydrogen-bond acceptors (Lipinski definition) is 3. The monoisotopic (exact) mass is 372 g/mol. The van der Waals surface area contributed by atoms with E-state index in [4.69, 9.17) is 5.73 Å². The topological polar surface area (TPSA) is 72.2 Å². The van der Waals surface area contributed by atoms with Crippen molar-refractivity contribution in [2.24, 2.45) is 0 Å². The second-order valence-corrected chi connectivity index (χ2v) is 7.16. The van der Waals surface area contributed by atoms with E-state index in [1.807, 2.05) is 31.2 Å². The summed E-state index contributed by atoms with van der Waals surface area (Å²) in [6, 6.07) is 9.77. The highest BCUT2D eigenvalue weighted by Gasteiger charge is 2.21.